The van der Waals surface area contributed by atoms with Crippen molar-refractivity contribution in [3.8, 4) is 5.75 Å². The monoisotopic (exact) mass is 340 g/mol. The number of methoxy groups -OCH3 is 1. The number of ether oxygens (including phenoxy) is 1. The van der Waals surface area contributed by atoms with Gasteiger partial charge in [0.05, 0.1) is 18.5 Å². The summed E-state index contributed by atoms with van der Waals surface area (Å²) in [5, 5.41) is 2.89. The first-order chi connectivity index (χ1) is 12.1. The van der Waals surface area contributed by atoms with Gasteiger partial charge in [0.25, 0.3) is 5.91 Å². The molecule has 3 rings (SSSR count). The average Bonchev–Trinajstić information content (AvgIpc) is 2.63. The highest BCUT2D eigenvalue weighted by atomic mass is 16.5. The number of nitrogens with one attached hydrogen (secondary N) is 1. The van der Waals surface area contributed by atoms with Crippen LogP contribution in [0.5, 0.6) is 5.75 Å². The van der Waals surface area contributed by atoms with Gasteiger partial charge >= 0.3 is 0 Å². The van der Waals surface area contributed by atoms with E-state index in [1.165, 1.54) is 0 Å². The number of nitrogens with two attached hydrogens (primary N) is 1. The first kappa shape index (κ1) is 17.1. The third-order valence-electron chi connectivity index (χ3n) is 4.48. The molecule has 1 saturated heterocycles. The van der Waals surface area contributed by atoms with E-state index in [2.05, 4.69) is 22.2 Å². The number of nitrogens with zero attached hydrogens (tertiary/aromatic N) is 2. The lowest BCUT2D eigenvalue weighted by molar-refractivity contribution is 0.102. The molecule has 0 unspecified atom stereocenters. The van der Waals surface area contributed by atoms with Crippen LogP contribution < -0.4 is 20.7 Å². The maximum Gasteiger partial charge on any atom is 0.255 e. The molecule has 0 saturated carbocycles. The van der Waals surface area contributed by atoms with Gasteiger partial charge in [0.1, 0.15) is 5.75 Å². The molecule has 0 atom stereocenters. The Hall–Kier alpha value is -2.73. The summed E-state index contributed by atoms with van der Waals surface area (Å²) in [7, 11) is 3.72. The summed E-state index contributed by atoms with van der Waals surface area (Å²) in [6, 6.07) is 12.7. The first-order valence-electron chi connectivity index (χ1n) is 8.35. The molecule has 0 aromatic heterocycles. The molecule has 2 aromatic rings. The molecule has 0 aliphatic carbocycles. The van der Waals surface area contributed by atoms with Gasteiger partial charge in [-0.2, -0.15) is 0 Å². The largest absolute Gasteiger partial charge is 0.497 e. The van der Waals surface area contributed by atoms with E-state index in [-0.39, 0.29) is 5.91 Å². The number of rotatable bonds is 4. The molecule has 6 nitrogen and oxygen atoms in total. The minimum absolute atomic E-state index is 0.172. The van der Waals surface area contributed by atoms with Crippen molar-refractivity contribution in [2.75, 3.05) is 56.3 Å². The Bertz CT molecular complexity index is 738. The van der Waals surface area contributed by atoms with Crippen LogP contribution in [-0.4, -0.2) is 51.1 Å². The molecular weight excluding hydrogens is 316 g/mol. The van der Waals surface area contributed by atoms with Gasteiger partial charge < -0.3 is 25.6 Å². The molecule has 1 aliphatic rings. The summed E-state index contributed by atoms with van der Waals surface area (Å²) in [5.74, 6) is 0.548. The van der Waals surface area contributed by atoms with Crippen LogP contribution in [0.3, 0.4) is 0 Å². The zero-order valence-corrected chi connectivity index (χ0v) is 14.7. The second kappa shape index (κ2) is 7.44. The molecule has 1 heterocycles. The van der Waals surface area contributed by atoms with E-state index in [0.717, 1.165) is 37.6 Å². The average molecular weight is 340 g/mol. The molecule has 132 valence electrons. The van der Waals surface area contributed by atoms with Crippen LogP contribution in [0.15, 0.2) is 42.5 Å². The number of nitrogen functional groups attached to an aromatic ring is 1. The Morgan fingerprint density at radius 3 is 2.36 bits per heavy atom. The molecule has 2 aromatic carbocycles. The number of likely N-dealkylation sites (N-methyl/N-ethyl adjacent to an activating group) is 1. The van der Waals surface area contributed by atoms with Crippen LogP contribution in [0, 0.1) is 0 Å². The predicted octanol–water partition coefficient (Wildman–Crippen LogP) is 2.28. The van der Waals surface area contributed by atoms with E-state index in [0.29, 0.717) is 16.9 Å². The molecule has 1 fully saturated rings. The number of piperazine rings is 1. The van der Waals surface area contributed by atoms with E-state index in [1.807, 2.05) is 18.2 Å². The number of amides is 1. The van der Waals surface area contributed by atoms with Gasteiger partial charge in [0.2, 0.25) is 0 Å². The Labute approximate surface area is 148 Å². The maximum absolute atomic E-state index is 12.3. The van der Waals surface area contributed by atoms with E-state index in [4.69, 9.17) is 10.5 Å². The minimum atomic E-state index is -0.172. The number of carbonyl (C=O) groups is 1. The van der Waals surface area contributed by atoms with Crippen molar-refractivity contribution in [1.29, 1.82) is 0 Å². The topological polar surface area (TPSA) is 70.8 Å². The van der Waals surface area contributed by atoms with Crippen molar-refractivity contribution < 1.29 is 9.53 Å². The van der Waals surface area contributed by atoms with Gasteiger partial charge in [-0.3, -0.25) is 4.79 Å². The summed E-state index contributed by atoms with van der Waals surface area (Å²) < 4.78 is 5.10. The van der Waals surface area contributed by atoms with E-state index in [1.54, 1.807) is 31.4 Å². The Morgan fingerprint density at radius 2 is 1.76 bits per heavy atom. The normalized spacial score (nSPS) is 15.0. The second-order valence-electron chi connectivity index (χ2n) is 6.25. The fourth-order valence-electron chi connectivity index (χ4n) is 2.91. The number of hydrogen-bond donors (Lipinski definition) is 2. The van der Waals surface area contributed by atoms with Crippen molar-refractivity contribution in [3.63, 3.8) is 0 Å². The first-order valence-corrected chi connectivity index (χ1v) is 8.35. The van der Waals surface area contributed by atoms with Crippen LogP contribution in [0.4, 0.5) is 17.1 Å². The standard InChI is InChI=1S/C19H24N4O2/c1-22-9-11-23(12-10-22)18-8-5-15(13-17(18)20)21-19(24)14-3-6-16(25-2)7-4-14/h3-8,13H,9-12,20H2,1-2H3,(H,21,24). The summed E-state index contributed by atoms with van der Waals surface area (Å²) in [4.78, 5) is 16.9. The lowest BCUT2D eigenvalue weighted by Gasteiger charge is -2.34. The van der Waals surface area contributed by atoms with Gasteiger partial charge in [0, 0.05) is 37.4 Å². The third kappa shape index (κ3) is 4.03. The van der Waals surface area contributed by atoms with Crippen molar-refractivity contribution in [2.24, 2.45) is 0 Å². The zero-order chi connectivity index (χ0) is 17.8. The van der Waals surface area contributed by atoms with E-state index < -0.39 is 0 Å². The molecule has 3 N–H and O–H groups in total. The van der Waals surface area contributed by atoms with Gasteiger partial charge in [-0.25, -0.2) is 0 Å². The highest BCUT2D eigenvalue weighted by Gasteiger charge is 2.16. The number of anilines is 3. The fourth-order valence-corrected chi connectivity index (χ4v) is 2.91. The summed E-state index contributed by atoms with van der Waals surface area (Å²) in [6.07, 6.45) is 0. The van der Waals surface area contributed by atoms with Gasteiger partial charge in [0.15, 0.2) is 0 Å². The summed E-state index contributed by atoms with van der Waals surface area (Å²) in [6.45, 7) is 3.96. The Balaban J connectivity index is 1.68. The van der Waals surface area contributed by atoms with Crippen molar-refractivity contribution >= 4 is 23.0 Å². The van der Waals surface area contributed by atoms with Crippen LogP contribution >= 0.6 is 0 Å². The molecule has 0 spiro atoms. The lowest BCUT2D eigenvalue weighted by atomic mass is 10.1. The smallest absolute Gasteiger partial charge is 0.255 e. The minimum Gasteiger partial charge on any atom is -0.497 e. The SMILES string of the molecule is COc1ccc(C(=O)Nc2ccc(N3CCN(C)CC3)c(N)c2)cc1. The quantitative estimate of drug-likeness (QED) is 0.836. The maximum atomic E-state index is 12.3. The van der Waals surface area contributed by atoms with Crippen molar-refractivity contribution in [1.82, 2.24) is 4.90 Å². The molecule has 6 heteroatoms. The van der Waals surface area contributed by atoms with Crippen molar-refractivity contribution in [3.05, 3.63) is 48.0 Å². The van der Waals surface area contributed by atoms with Crippen molar-refractivity contribution in [2.45, 2.75) is 0 Å². The highest BCUT2D eigenvalue weighted by molar-refractivity contribution is 6.04. The third-order valence-corrected chi connectivity index (χ3v) is 4.48. The van der Waals surface area contributed by atoms with Gasteiger partial charge in [-0.15, -0.1) is 0 Å². The Morgan fingerprint density at radius 1 is 1.08 bits per heavy atom. The molecule has 0 radical (unpaired) electrons. The van der Waals surface area contributed by atoms with Crippen LogP contribution in [0.2, 0.25) is 0 Å². The predicted molar refractivity (Wildman–Crippen MR) is 102 cm³/mol. The number of benzene rings is 2. The second-order valence-corrected chi connectivity index (χ2v) is 6.25. The summed E-state index contributed by atoms with van der Waals surface area (Å²) >= 11 is 0. The molecule has 25 heavy (non-hydrogen) atoms. The van der Waals surface area contributed by atoms with Gasteiger partial charge in [-0.05, 0) is 49.5 Å². The Kier molecular flexibility index (Phi) is 5.09. The molecule has 0 bridgehead atoms. The molecular formula is C19H24N4O2. The van der Waals surface area contributed by atoms with Crippen LogP contribution in [0.25, 0.3) is 0 Å². The van der Waals surface area contributed by atoms with Crippen LogP contribution in [0.1, 0.15) is 10.4 Å². The van der Waals surface area contributed by atoms with Crippen LogP contribution in [-0.2, 0) is 0 Å². The fraction of sp³-hybridized carbons (Fsp3) is 0.316. The number of carbonyl (C=O) groups excluding carboxylic acids is 1. The number of hydrogen-bond acceptors (Lipinski definition) is 5. The van der Waals surface area contributed by atoms with Gasteiger partial charge in [-0.1, -0.05) is 0 Å². The molecule has 1 aliphatic heterocycles. The highest BCUT2D eigenvalue weighted by Crippen LogP contribution is 2.27. The zero-order valence-electron chi connectivity index (χ0n) is 14.7. The lowest BCUT2D eigenvalue weighted by Crippen LogP contribution is -2.44. The summed E-state index contributed by atoms with van der Waals surface area (Å²) in [5.41, 5.74) is 9.18. The molecule has 1 amide bonds. The van der Waals surface area contributed by atoms with E-state index in [9.17, 15) is 4.79 Å². The van der Waals surface area contributed by atoms with E-state index >= 15 is 0 Å².